The van der Waals surface area contributed by atoms with Gasteiger partial charge in [-0.25, -0.2) is 0 Å². The lowest BCUT2D eigenvalue weighted by atomic mass is 10.1. The van der Waals surface area contributed by atoms with Crippen LogP contribution in [0.15, 0.2) is 0 Å². The Morgan fingerprint density at radius 1 is 0.944 bits per heavy atom. The van der Waals surface area contributed by atoms with Crippen molar-refractivity contribution in [3.05, 3.63) is 5.56 Å². The largest absolute Gasteiger partial charge is 0.503 e. The Morgan fingerprint density at radius 2 is 1.44 bits per heavy atom. The third kappa shape index (κ3) is 1.72. The Kier molecular flexibility index (Phi) is 3.04. The van der Waals surface area contributed by atoms with Crippen LogP contribution in [0.25, 0.3) is 0 Å². The SMILES string of the molecule is N#Cc1c(O)c(O)c(N2CCNCC2)c(O)c1O. The van der Waals surface area contributed by atoms with E-state index in [-0.39, 0.29) is 5.69 Å². The minimum absolute atomic E-state index is 0.0505. The molecule has 0 unspecified atom stereocenters. The summed E-state index contributed by atoms with van der Waals surface area (Å²) in [6, 6.07) is 1.52. The molecule has 0 radical (unpaired) electrons. The molecular formula is C11H13N3O4. The van der Waals surface area contributed by atoms with Gasteiger partial charge in [-0.2, -0.15) is 5.26 Å². The molecule has 1 aromatic carbocycles. The van der Waals surface area contributed by atoms with Gasteiger partial charge in [0.2, 0.25) is 0 Å². The number of phenols is 4. The summed E-state index contributed by atoms with van der Waals surface area (Å²) in [6.07, 6.45) is 0. The first-order valence-corrected chi connectivity index (χ1v) is 5.43. The van der Waals surface area contributed by atoms with E-state index in [0.29, 0.717) is 26.2 Å². The van der Waals surface area contributed by atoms with E-state index in [1.165, 1.54) is 6.07 Å². The van der Waals surface area contributed by atoms with E-state index < -0.39 is 28.6 Å². The van der Waals surface area contributed by atoms with E-state index in [2.05, 4.69) is 5.32 Å². The lowest BCUT2D eigenvalue weighted by Crippen LogP contribution is -2.43. The van der Waals surface area contributed by atoms with Crippen molar-refractivity contribution >= 4 is 5.69 Å². The number of rotatable bonds is 1. The Balaban J connectivity index is 2.57. The molecule has 0 spiro atoms. The molecule has 1 aromatic rings. The number of aromatic hydroxyl groups is 4. The minimum Gasteiger partial charge on any atom is -0.503 e. The molecule has 0 aromatic heterocycles. The molecule has 1 saturated heterocycles. The van der Waals surface area contributed by atoms with Crippen molar-refractivity contribution in [2.24, 2.45) is 0 Å². The number of piperazine rings is 1. The zero-order valence-electron chi connectivity index (χ0n) is 9.51. The summed E-state index contributed by atoms with van der Waals surface area (Å²) in [7, 11) is 0. The first kappa shape index (κ1) is 12.1. The zero-order chi connectivity index (χ0) is 13.3. The summed E-state index contributed by atoms with van der Waals surface area (Å²) >= 11 is 0. The monoisotopic (exact) mass is 251 g/mol. The molecule has 0 atom stereocenters. The number of hydrogen-bond donors (Lipinski definition) is 5. The van der Waals surface area contributed by atoms with Gasteiger partial charge in [0.15, 0.2) is 23.0 Å². The summed E-state index contributed by atoms with van der Waals surface area (Å²) in [5.41, 5.74) is -0.589. The Labute approximate surface area is 103 Å². The maximum absolute atomic E-state index is 9.83. The third-order valence-corrected chi connectivity index (χ3v) is 2.92. The average Bonchev–Trinajstić information content (AvgIpc) is 2.39. The highest BCUT2D eigenvalue weighted by atomic mass is 16.3. The van der Waals surface area contributed by atoms with E-state index >= 15 is 0 Å². The first-order valence-electron chi connectivity index (χ1n) is 5.43. The van der Waals surface area contributed by atoms with Gasteiger partial charge >= 0.3 is 0 Å². The number of hydrogen-bond acceptors (Lipinski definition) is 7. The van der Waals surface area contributed by atoms with E-state index in [9.17, 15) is 20.4 Å². The van der Waals surface area contributed by atoms with Gasteiger partial charge in [-0.15, -0.1) is 0 Å². The topological polar surface area (TPSA) is 120 Å². The highest BCUT2D eigenvalue weighted by molar-refractivity contribution is 5.80. The van der Waals surface area contributed by atoms with E-state index in [4.69, 9.17) is 5.26 Å². The molecule has 2 rings (SSSR count). The quantitative estimate of drug-likeness (QED) is 0.346. The molecule has 0 aliphatic carbocycles. The molecule has 1 heterocycles. The van der Waals surface area contributed by atoms with Crippen LogP contribution in [0.5, 0.6) is 23.0 Å². The number of nitriles is 1. The van der Waals surface area contributed by atoms with Crippen molar-refractivity contribution in [3.63, 3.8) is 0 Å². The number of nitrogens with zero attached hydrogens (tertiary/aromatic N) is 2. The number of anilines is 1. The molecule has 7 heteroatoms. The molecule has 1 aliphatic heterocycles. The van der Waals surface area contributed by atoms with Gasteiger partial charge in [-0.05, 0) is 0 Å². The van der Waals surface area contributed by atoms with E-state index in [1.54, 1.807) is 4.90 Å². The predicted molar refractivity (Wildman–Crippen MR) is 62.9 cm³/mol. The fourth-order valence-electron chi connectivity index (χ4n) is 1.98. The normalized spacial score (nSPS) is 15.4. The average molecular weight is 251 g/mol. The van der Waals surface area contributed by atoms with Gasteiger partial charge in [0.25, 0.3) is 0 Å². The van der Waals surface area contributed by atoms with Crippen LogP contribution in [0.4, 0.5) is 5.69 Å². The van der Waals surface area contributed by atoms with Crippen LogP contribution < -0.4 is 10.2 Å². The van der Waals surface area contributed by atoms with Gasteiger partial charge in [-0.3, -0.25) is 0 Å². The molecule has 0 bridgehead atoms. The van der Waals surface area contributed by atoms with Crippen molar-refractivity contribution < 1.29 is 20.4 Å². The van der Waals surface area contributed by atoms with Gasteiger partial charge in [-0.1, -0.05) is 0 Å². The second-order valence-corrected chi connectivity index (χ2v) is 3.97. The first-order chi connectivity index (χ1) is 8.57. The van der Waals surface area contributed by atoms with Crippen molar-refractivity contribution in [1.82, 2.24) is 5.32 Å². The summed E-state index contributed by atoms with van der Waals surface area (Å²) in [5, 5.41) is 50.7. The van der Waals surface area contributed by atoms with E-state index in [1.807, 2.05) is 0 Å². The third-order valence-electron chi connectivity index (χ3n) is 2.92. The van der Waals surface area contributed by atoms with Crippen molar-refractivity contribution in [2.45, 2.75) is 0 Å². The predicted octanol–water partition coefficient (Wildman–Crippen LogP) is -0.210. The summed E-state index contributed by atoms with van der Waals surface area (Å²) in [4.78, 5) is 1.63. The molecule has 0 amide bonds. The van der Waals surface area contributed by atoms with Crippen LogP contribution in [0.3, 0.4) is 0 Å². The fraction of sp³-hybridized carbons (Fsp3) is 0.364. The van der Waals surface area contributed by atoms with Gasteiger partial charge < -0.3 is 30.6 Å². The van der Waals surface area contributed by atoms with E-state index in [0.717, 1.165) is 0 Å². The molecule has 1 fully saturated rings. The lowest BCUT2D eigenvalue weighted by molar-refractivity contribution is 0.369. The van der Waals surface area contributed by atoms with Gasteiger partial charge in [0, 0.05) is 26.2 Å². The minimum atomic E-state index is -0.721. The Hall–Kier alpha value is -2.33. The Bertz CT molecular complexity index is 489. The van der Waals surface area contributed by atoms with Crippen LogP contribution in [0, 0.1) is 11.3 Å². The summed E-state index contributed by atoms with van der Waals surface area (Å²) in [6.45, 7) is 2.32. The molecular weight excluding hydrogens is 238 g/mol. The molecule has 96 valence electrons. The maximum atomic E-state index is 9.83. The van der Waals surface area contributed by atoms with Crippen LogP contribution in [0.1, 0.15) is 5.56 Å². The number of benzene rings is 1. The standard InChI is InChI=1S/C11H13N3O4/c12-5-6-8(15)10(17)7(11(18)9(6)16)14-3-1-13-2-4-14/h13,15-18H,1-4H2. The fourth-order valence-corrected chi connectivity index (χ4v) is 1.98. The van der Waals surface area contributed by atoms with Gasteiger partial charge in [0.05, 0.1) is 0 Å². The second-order valence-electron chi connectivity index (χ2n) is 3.97. The smallest absolute Gasteiger partial charge is 0.187 e. The lowest BCUT2D eigenvalue weighted by Gasteiger charge is -2.30. The van der Waals surface area contributed by atoms with Gasteiger partial charge in [0.1, 0.15) is 17.3 Å². The highest BCUT2D eigenvalue weighted by Crippen LogP contribution is 2.51. The van der Waals surface area contributed by atoms with Crippen LogP contribution in [-0.4, -0.2) is 46.6 Å². The molecule has 7 nitrogen and oxygen atoms in total. The van der Waals surface area contributed by atoms with Crippen molar-refractivity contribution in [3.8, 4) is 29.1 Å². The molecule has 0 saturated carbocycles. The number of phenolic OH excluding ortho intramolecular Hbond substituents is 4. The summed E-state index contributed by atoms with van der Waals surface area (Å²) in [5.74, 6) is -2.63. The second kappa shape index (κ2) is 4.50. The summed E-state index contributed by atoms with van der Waals surface area (Å²) < 4.78 is 0. The highest BCUT2D eigenvalue weighted by Gasteiger charge is 2.27. The number of nitrogens with one attached hydrogen (secondary N) is 1. The maximum Gasteiger partial charge on any atom is 0.187 e. The Morgan fingerprint density at radius 3 is 1.89 bits per heavy atom. The molecule has 1 aliphatic rings. The van der Waals surface area contributed by atoms with Crippen molar-refractivity contribution in [2.75, 3.05) is 31.1 Å². The van der Waals surface area contributed by atoms with Crippen LogP contribution >= 0.6 is 0 Å². The van der Waals surface area contributed by atoms with Crippen LogP contribution in [-0.2, 0) is 0 Å². The molecule has 5 N–H and O–H groups in total. The molecule has 18 heavy (non-hydrogen) atoms. The zero-order valence-corrected chi connectivity index (χ0v) is 9.51. The van der Waals surface area contributed by atoms with Crippen LogP contribution in [0.2, 0.25) is 0 Å². The van der Waals surface area contributed by atoms with Crippen molar-refractivity contribution in [1.29, 1.82) is 5.26 Å².